The lowest BCUT2D eigenvalue weighted by atomic mass is 10.3. The summed E-state index contributed by atoms with van der Waals surface area (Å²) in [5.41, 5.74) is 1.07. The molecule has 0 unspecified atom stereocenters. The van der Waals surface area contributed by atoms with Gasteiger partial charge in [0, 0.05) is 31.9 Å². The van der Waals surface area contributed by atoms with Crippen LogP contribution in [0.3, 0.4) is 0 Å². The molecule has 0 aromatic carbocycles. The van der Waals surface area contributed by atoms with E-state index in [1.165, 1.54) is 0 Å². The normalized spacial score (nSPS) is 16.9. The molecule has 1 aromatic rings. The van der Waals surface area contributed by atoms with E-state index < -0.39 is 0 Å². The largest absolute Gasteiger partial charge is 0.338 e. The van der Waals surface area contributed by atoms with Crippen LogP contribution in [0.4, 0.5) is 4.79 Å². The van der Waals surface area contributed by atoms with Gasteiger partial charge >= 0.3 is 6.03 Å². The van der Waals surface area contributed by atoms with E-state index >= 15 is 0 Å². The number of carbonyl (C=O) groups is 1. The fourth-order valence-corrected chi connectivity index (χ4v) is 1.60. The molecule has 0 radical (unpaired) electrons. The Morgan fingerprint density at radius 1 is 1.64 bits per heavy atom. The van der Waals surface area contributed by atoms with Crippen molar-refractivity contribution in [3.8, 4) is 0 Å². The number of rotatable bonds is 2. The first-order valence-corrected chi connectivity index (χ1v) is 4.76. The number of nitrogens with zero attached hydrogens (tertiary/aromatic N) is 3. The van der Waals surface area contributed by atoms with Gasteiger partial charge in [0.2, 0.25) is 0 Å². The summed E-state index contributed by atoms with van der Waals surface area (Å²) >= 11 is 0. The molecule has 14 heavy (non-hydrogen) atoms. The van der Waals surface area contributed by atoms with Crippen LogP contribution in [0, 0.1) is 0 Å². The summed E-state index contributed by atoms with van der Waals surface area (Å²) in [7, 11) is 1.87. The van der Waals surface area contributed by atoms with Crippen LogP contribution in [-0.4, -0.2) is 33.8 Å². The zero-order valence-corrected chi connectivity index (χ0v) is 8.23. The second-order valence-corrected chi connectivity index (χ2v) is 3.53. The fraction of sp³-hybridized carbons (Fsp3) is 0.556. The maximum atomic E-state index is 11.4. The molecular formula is C9H14N4O. The van der Waals surface area contributed by atoms with E-state index in [1.54, 1.807) is 15.8 Å². The summed E-state index contributed by atoms with van der Waals surface area (Å²) in [4.78, 5) is 13.2. The monoisotopic (exact) mass is 194 g/mol. The minimum absolute atomic E-state index is 0.0279. The van der Waals surface area contributed by atoms with E-state index in [2.05, 4.69) is 10.4 Å². The molecule has 1 saturated heterocycles. The molecule has 76 valence electrons. The molecule has 0 bridgehead atoms. The van der Waals surface area contributed by atoms with Gasteiger partial charge in [-0.2, -0.15) is 5.10 Å². The molecule has 1 aliphatic rings. The van der Waals surface area contributed by atoms with Gasteiger partial charge < -0.3 is 10.2 Å². The molecule has 5 heteroatoms. The van der Waals surface area contributed by atoms with Gasteiger partial charge in [0.15, 0.2) is 0 Å². The summed E-state index contributed by atoms with van der Waals surface area (Å²) in [6, 6.07) is 0.0279. The third kappa shape index (κ3) is 1.86. The third-order valence-corrected chi connectivity index (χ3v) is 2.30. The van der Waals surface area contributed by atoms with E-state index in [4.69, 9.17) is 0 Å². The first-order chi connectivity index (χ1) is 6.75. The maximum Gasteiger partial charge on any atom is 0.317 e. The summed E-state index contributed by atoms with van der Waals surface area (Å²) in [6.45, 7) is 2.28. The molecule has 2 heterocycles. The molecule has 1 fully saturated rings. The standard InChI is InChI=1S/C9H14N4O/c1-12-6-8(5-11-12)7-13-4-2-3-10-9(13)14/h5-6H,2-4,7H2,1H3,(H,10,14). The van der Waals surface area contributed by atoms with E-state index in [0.717, 1.165) is 25.1 Å². The van der Waals surface area contributed by atoms with Crippen molar-refractivity contribution >= 4 is 6.03 Å². The molecular weight excluding hydrogens is 180 g/mol. The van der Waals surface area contributed by atoms with Crippen LogP contribution in [0.2, 0.25) is 0 Å². The van der Waals surface area contributed by atoms with Gasteiger partial charge in [0.1, 0.15) is 0 Å². The van der Waals surface area contributed by atoms with E-state index in [0.29, 0.717) is 6.54 Å². The van der Waals surface area contributed by atoms with Crippen LogP contribution in [0.25, 0.3) is 0 Å². The van der Waals surface area contributed by atoms with Crippen molar-refractivity contribution in [3.05, 3.63) is 18.0 Å². The van der Waals surface area contributed by atoms with Crippen LogP contribution in [-0.2, 0) is 13.6 Å². The highest BCUT2D eigenvalue weighted by atomic mass is 16.2. The number of urea groups is 1. The van der Waals surface area contributed by atoms with Gasteiger partial charge in [-0.1, -0.05) is 0 Å². The summed E-state index contributed by atoms with van der Waals surface area (Å²) in [5, 5.41) is 6.88. The molecule has 2 rings (SSSR count). The molecule has 0 atom stereocenters. The number of carbonyl (C=O) groups excluding carboxylic acids is 1. The lowest BCUT2D eigenvalue weighted by Gasteiger charge is -2.26. The first kappa shape index (κ1) is 9.05. The van der Waals surface area contributed by atoms with Gasteiger partial charge in [-0.25, -0.2) is 4.79 Å². The van der Waals surface area contributed by atoms with Crippen LogP contribution in [0.1, 0.15) is 12.0 Å². The van der Waals surface area contributed by atoms with Crippen molar-refractivity contribution in [2.24, 2.45) is 7.05 Å². The molecule has 1 aliphatic heterocycles. The Morgan fingerprint density at radius 2 is 2.50 bits per heavy atom. The average Bonchev–Trinajstić information content (AvgIpc) is 2.56. The van der Waals surface area contributed by atoms with Crippen LogP contribution in [0.5, 0.6) is 0 Å². The number of amides is 2. The minimum atomic E-state index is 0.0279. The Labute approximate surface area is 82.7 Å². The van der Waals surface area contributed by atoms with E-state index in [1.807, 2.05) is 13.2 Å². The lowest BCUT2D eigenvalue weighted by Crippen LogP contribution is -2.45. The van der Waals surface area contributed by atoms with Crippen LogP contribution < -0.4 is 5.32 Å². The number of hydrogen-bond acceptors (Lipinski definition) is 2. The predicted molar refractivity (Wildman–Crippen MR) is 51.6 cm³/mol. The van der Waals surface area contributed by atoms with E-state index in [-0.39, 0.29) is 6.03 Å². The fourth-order valence-electron chi connectivity index (χ4n) is 1.60. The van der Waals surface area contributed by atoms with Gasteiger partial charge in [-0.15, -0.1) is 0 Å². The Morgan fingerprint density at radius 3 is 3.14 bits per heavy atom. The quantitative estimate of drug-likeness (QED) is 0.737. The Hall–Kier alpha value is -1.52. The average molecular weight is 194 g/mol. The van der Waals surface area contributed by atoms with Gasteiger partial charge in [0.25, 0.3) is 0 Å². The molecule has 0 saturated carbocycles. The second-order valence-electron chi connectivity index (χ2n) is 3.53. The number of aromatic nitrogens is 2. The SMILES string of the molecule is Cn1cc(CN2CCCNC2=O)cn1. The van der Waals surface area contributed by atoms with Crippen molar-refractivity contribution in [1.82, 2.24) is 20.0 Å². The number of nitrogens with one attached hydrogen (secondary N) is 1. The highest BCUT2D eigenvalue weighted by Gasteiger charge is 2.17. The Balaban J connectivity index is 1.99. The van der Waals surface area contributed by atoms with E-state index in [9.17, 15) is 4.79 Å². The predicted octanol–water partition coefficient (Wildman–Crippen LogP) is 0.335. The molecule has 1 N–H and O–H groups in total. The summed E-state index contributed by atoms with van der Waals surface area (Å²) in [6.07, 6.45) is 4.75. The molecule has 5 nitrogen and oxygen atoms in total. The highest BCUT2D eigenvalue weighted by Crippen LogP contribution is 2.06. The minimum Gasteiger partial charge on any atom is -0.338 e. The van der Waals surface area contributed by atoms with Gasteiger partial charge in [0.05, 0.1) is 12.7 Å². The van der Waals surface area contributed by atoms with Crippen LogP contribution >= 0.6 is 0 Å². The van der Waals surface area contributed by atoms with Crippen molar-refractivity contribution in [2.75, 3.05) is 13.1 Å². The van der Waals surface area contributed by atoms with Crippen LogP contribution in [0.15, 0.2) is 12.4 Å². The maximum absolute atomic E-state index is 11.4. The Bertz CT molecular complexity index is 333. The van der Waals surface area contributed by atoms with Crippen molar-refractivity contribution in [3.63, 3.8) is 0 Å². The third-order valence-electron chi connectivity index (χ3n) is 2.30. The molecule has 0 aliphatic carbocycles. The molecule has 2 amide bonds. The number of hydrogen-bond donors (Lipinski definition) is 1. The van der Waals surface area contributed by atoms with Gasteiger partial charge in [-0.3, -0.25) is 4.68 Å². The van der Waals surface area contributed by atoms with Crippen molar-refractivity contribution < 1.29 is 4.79 Å². The Kier molecular flexibility index (Phi) is 2.39. The van der Waals surface area contributed by atoms with Gasteiger partial charge in [-0.05, 0) is 6.42 Å². The van der Waals surface area contributed by atoms with Crippen molar-refractivity contribution in [1.29, 1.82) is 0 Å². The number of aryl methyl sites for hydroxylation is 1. The van der Waals surface area contributed by atoms with Crippen molar-refractivity contribution in [2.45, 2.75) is 13.0 Å². The second kappa shape index (κ2) is 3.69. The lowest BCUT2D eigenvalue weighted by molar-refractivity contribution is 0.183. The zero-order valence-electron chi connectivity index (χ0n) is 8.23. The topological polar surface area (TPSA) is 50.2 Å². The molecule has 0 spiro atoms. The molecule has 1 aromatic heterocycles. The summed E-state index contributed by atoms with van der Waals surface area (Å²) < 4.78 is 1.75. The smallest absolute Gasteiger partial charge is 0.317 e. The first-order valence-electron chi connectivity index (χ1n) is 4.76. The summed E-state index contributed by atoms with van der Waals surface area (Å²) in [5.74, 6) is 0. The zero-order chi connectivity index (χ0) is 9.97. The highest BCUT2D eigenvalue weighted by molar-refractivity contribution is 5.74.